The molecule has 2 N–H and O–H groups in total. The van der Waals surface area contributed by atoms with Crippen LogP contribution in [0.5, 0.6) is 0 Å². The van der Waals surface area contributed by atoms with Gasteiger partial charge in [0.05, 0.1) is 21.1 Å². The van der Waals surface area contributed by atoms with Crippen molar-refractivity contribution in [2.45, 2.75) is 0 Å². The summed E-state index contributed by atoms with van der Waals surface area (Å²) in [6.07, 6.45) is 0. The zero-order valence-electron chi connectivity index (χ0n) is 4.40. The summed E-state index contributed by atoms with van der Waals surface area (Å²) < 4.78 is 0.500. The maximum Gasteiger partial charge on any atom is 0.0851 e. The van der Waals surface area contributed by atoms with Crippen LogP contribution in [0.4, 0.5) is 0 Å². The Balaban J connectivity index is 0. The van der Waals surface area contributed by atoms with Gasteiger partial charge in [-0.1, -0.05) is 0 Å². The van der Waals surface area contributed by atoms with E-state index in [4.69, 9.17) is 5.84 Å². The zero-order chi connectivity index (χ0) is 4.50. The summed E-state index contributed by atoms with van der Waals surface area (Å²) in [7, 11) is 5.71. The Morgan fingerprint density at radius 1 is 1.17 bits per heavy atom. The van der Waals surface area contributed by atoms with Gasteiger partial charge < -0.3 is 17.0 Å². The topological polar surface area (TPSA) is 26.0 Å². The minimum atomic E-state index is 0. The molecule has 0 radical (unpaired) electrons. The van der Waals surface area contributed by atoms with Crippen LogP contribution in [-0.4, -0.2) is 25.7 Å². The molecular weight excluding hydrogens is 144 g/mol. The second-order valence-corrected chi connectivity index (χ2v) is 2.12. The third-order valence-corrected chi connectivity index (χ3v) is 0. The van der Waals surface area contributed by atoms with Crippen molar-refractivity contribution < 1.29 is 21.6 Å². The molecule has 0 aliphatic rings. The number of rotatable bonds is 0. The third-order valence-electron chi connectivity index (χ3n) is 0. The van der Waals surface area contributed by atoms with Crippen molar-refractivity contribution in [2.24, 2.45) is 5.84 Å². The molecule has 0 rings (SSSR count). The lowest BCUT2D eigenvalue weighted by molar-refractivity contribution is -0.882. The van der Waals surface area contributed by atoms with Crippen LogP contribution < -0.4 is 22.8 Å². The standard InChI is InChI=1S/C3H11N2.BrH/c1-5(2,3)4;/h4H2,1-3H3;1H/q+1;/p-1. The Hall–Kier alpha value is 0.400. The quantitative estimate of drug-likeness (QED) is 0.220. The van der Waals surface area contributed by atoms with Crippen molar-refractivity contribution in [1.29, 1.82) is 0 Å². The molecule has 0 aliphatic carbocycles. The van der Waals surface area contributed by atoms with E-state index in [0.717, 1.165) is 0 Å². The largest absolute Gasteiger partial charge is 1.00 e. The molecule has 0 bridgehead atoms. The second-order valence-electron chi connectivity index (χ2n) is 2.12. The molecule has 0 atom stereocenters. The Bertz CT molecular complexity index is 24.3. The zero-order valence-corrected chi connectivity index (χ0v) is 5.99. The molecule has 0 amide bonds. The minimum absolute atomic E-state index is 0. The highest BCUT2D eigenvalue weighted by molar-refractivity contribution is 3.80. The van der Waals surface area contributed by atoms with Crippen LogP contribution in [0.25, 0.3) is 0 Å². The van der Waals surface area contributed by atoms with Crippen LogP contribution in [0.2, 0.25) is 0 Å². The summed E-state index contributed by atoms with van der Waals surface area (Å²) in [5.74, 6) is 5.29. The van der Waals surface area contributed by atoms with Crippen LogP contribution in [0.1, 0.15) is 0 Å². The van der Waals surface area contributed by atoms with E-state index in [1.165, 1.54) is 0 Å². The molecule has 0 saturated carbocycles. The van der Waals surface area contributed by atoms with E-state index in [0.29, 0.717) is 4.59 Å². The van der Waals surface area contributed by atoms with Crippen molar-refractivity contribution in [3.63, 3.8) is 0 Å². The number of nitrogens with two attached hydrogens (primary N) is 1. The fourth-order valence-corrected chi connectivity index (χ4v) is 0. The monoisotopic (exact) mass is 154 g/mol. The molecule has 0 aromatic carbocycles. The molecule has 0 fully saturated rings. The van der Waals surface area contributed by atoms with Gasteiger partial charge in [0, 0.05) is 0 Å². The molecule has 6 heavy (non-hydrogen) atoms. The lowest BCUT2D eigenvalue weighted by atomic mass is 10.9. The number of quaternary nitrogens is 1. The van der Waals surface area contributed by atoms with Gasteiger partial charge in [0.2, 0.25) is 0 Å². The van der Waals surface area contributed by atoms with E-state index in [9.17, 15) is 0 Å². The van der Waals surface area contributed by atoms with E-state index in [-0.39, 0.29) is 17.0 Å². The van der Waals surface area contributed by atoms with E-state index >= 15 is 0 Å². The summed E-state index contributed by atoms with van der Waals surface area (Å²) in [6.45, 7) is 0. The predicted octanol–water partition coefficient (Wildman–Crippen LogP) is -3.43. The van der Waals surface area contributed by atoms with Gasteiger partial charge in [-0.05, 0) is 0 Å². The van der Waals surface area contributed by atoms with Crippen molar-refractivity contribution >= 4 is 0 Å². The molecular formula is C3H11BrN2. The van der Waals surface area contributed by atoms with Crippen molar-refractivity contribution in [3.05, 3.63) is 0 Å². The van der Waals surface area contributed by atoms with Crippen LogP contribution in [-0.2, 0) is 0 Å². The first-order valence-corrected chi connectivity index (χ1v) is 1.60. The maximum absolute atomic E-state index is 5.29. The minimum Gasteiger partial charge on any atom is -1.00 e. The smallest absolute Gasteiger partial charge is 0.0851 e. The average Bonchev–Trinajstić information content (AvgIpc) is 0.722. The summed E-state index contributed by atoms with van der Waals surface area (Å²) in [4.78, 5) is 0. The molecule has 40 valence electrons. The Morgan fingerprint density at radius 3 is 1.17 bits per heavy atom. The molecule has 0 aliphatic heterocycles. The Morgan fingerprint density at radius 2 is 1.17 bits per heavy atom. The first-order valence-electron chi connectivity index (χ1n) is 1.60. The average molecular weight is 155 g/mol. The molecule has 0 aromatic heterocycles. The van der Waals surface area contributed by atoms with Crippen LogP contribution >= 0.6 is 0 Å². The number of nitrogens with zero attached hydrogens (tertiary/aromatic N) is 1. The summed E-state index contributed by atoms with van der Waals surface area (Å²) in [5.41, 5.74) is 0. The van der Waals surface area contributed by atoms with E-state index in [1.807, 2.05) is 21.1 Å². The first-order chi connectivity index (χ1) is 2.00. The lowest BCUT2D eigenvalue weighted by Crippen LogP contribution is -3.00. The molecule has 0 saturated heterocycles. The first kappa shape index (κ1) is 9.64. The molecule has 3 heteroatoms. The summed E-state index contributed by atoms with van der Waals surface area (Å²) in [6, 6.07) is 0. The lowest BCUT2D eigenvalue weighted by Gasteiger charge is -2.12. The fourth-order valence-electron chi connectivity index (χ4n) is 0. The van der Waals surface area contributed by atoms with E-state index < -0.39 is 0 Å². The highest BCUT2D eigenvalue weighted by Crippen LogP contribution is 1.65. The van der Waals surface area contributed by atoms with Gasteiger partial charge in [0.1, 0.15) is 0 Å². The van der Waals surface area contributed by atoms with Crippen molar-refractivity contribution in [3.8, 4) is 0 Å². The van der Waals surface area contributed by atoms with E-state index in [2.05, 4.69) is 0 Å². The van der Waals surface area contributed by atoms with Gasteiger partial charge in [-0.15, -0.1) is 0 Å². The number of halogens is 1. The fraction of sp³-hybridized carbons (Fsp3) is 1.00. The van der Waals surface area contributed by atoms with Crippen LogP contribution in [0, 0.1) is 0 Å². The van der Waals surface area contributed by atoms with Gasteiger partial charge in [-0.3, -0.25) is 4.59 Å². The third kappa shape index (κ3) is 318. The van der Waals surface area contributed by atoms with Gasteiger partial charge in [0.15, 0.2) is 0 Å². The maximum atomic E-state index is 5.29. The highest BCUT2D eigenvalue weighted by atomic mass is 79.9. The van der Waals surface area contributed by atoms with Gasteiger partial charge in [0.25, 0.3) is 0 Å². The molecule has 0 heterocycles. The van der Waals surface area contributed by atoms with Gasteiger partial charge in [-0.2, -0.15) is 5.84 Å². The normalized spacial score (nSPS) is 10.0. The molecule has 0 aromatic rings. The molecule has 0 unspecified atom stereocenters. The summed E-state index contributed by atoms with van der Waals surface area (Å²) >= 11 is 0. The predicted molar refractivity (Wildman–Crippen MR) is 22.2 cm³/mol. The number of hydrogen-bond acceptors (Lipinski definition) is 1. The van der Waals surface area contributed by atoms with Crippen molar-refractivity contribution in [1.82, 2.24) is 0 Å². The molecule has 0 spiro atoms. The van der Waals surface area contributed by atoms with Crippen molar-refractivity contribution in [2.75, 3.05) is 21.1 Å². The molecule has 2 nitrogen and oxygen atoms in total. The second kappa shape index (κ2) is 2.55. The SMILES string of the molecule is C[N+](C)(C)N.[Br-]. The van der Waals surface area contributed by atoms with Crippen LogP contribution in [0.3, 0.4) is 0 Å². The van der Waals surface area contributed by atoms with Gasteiger partial charge in [-0.25, -0.2) is 0 Å². The Labute approximate surface area is 49.3 Å². The number of hydrogen-bond donors (Lipinski definition) is 1. The van der Waals surface area contributed by atoms with Crippen LogP contribution in [0.15, 0.2) is 0 Å². The van der Waals surface area contributed by atoms with Gasteiger partial charge >= 0.3 is 0 Å². The highest BCUT2D eigenvalue weighted by Gasteiger charge is 1.89. The Kier molecular flexibility index (Phi) is 4.10. The summed E-state index contributed by atoms with van der Waals surface area (Å²) in [5, 5.41) is 0. The van der Waals surface area contributed by atoms with E-state index in [1.54, 1.807) is 0 Å².